The number of piperidine rings is 1. The molecule has 0 aromatic heterocycles. The van der Waals surface area contributed by atoms with Crippen LogP contribution in [0.2, 0.25) is 0 Å². The zero-order chi connectivity index (χ0) is 18.2. The average Bonchev–Trinajstić information content (AvgIpc) is 2.65. The molecule has 1 aliphatic heterocycles. The van der Waals surface area contributed by atoms with Gasteiger partial charge in [0.15, 0.2) is 11.5 Å². The van der Waals surface area contributed by atoms with Gasteiger partial charge in [-0.3, -0.25) is 9.69 Å². The van der Waals surface area contributed by atoms with E-state index in [9.17, 15) is 4.79 Å². The van der Waals surface area contributed by atoms with Gasteiger partial charge in [0.1, 0.15) is 0 Å². The second kappa shape index (κ2) is 9.48. The standard InChI is InChI=1S/C18H29N3O4/c1-23-15-7-6-13(16(24-2)17(15)25-3)11-21-10-4-5-14(12-21)18(22)20-9-8-19/h6-7,14H,4-5,8-12,19H2,1-3H3,(H,20,22). The molecule has 0 spiro atoms. The lowest BCUT2D eigenvalue weighted by Crippen LogP contribution is -2.43. The third-order valence-corrected chi connectivity index (χ3v) is 4.50. The van der Waals surface area contributed by atoms with E-state index in [0.717, 1.165) is 31.5 Å². The monoisotopic (exact) mass is 351 g/mol. The van der Waals surface area contributed by atoms with Crippen LogP contribution < -0.4 is 25.3 Å². The lowest BCUT2D eigenvalue weighted by Gasteiger charge is -2.32. The lowest BCUT2D eigenvalue weighted by molar-refractivity contribution is -0.126. The van der Waals surface area contributed by atoms with Crippen molar-refractivity contribution < 1.29 is 19.0 Å². The van der Waals surface area contributed by atoms with Crippen molar-refractivity contribution in [1.82, 2.24) is 10.2 Å². The molecule has 1 aromatic rings. The summed E-state index contributed by atoms with van der Waals surface area (Å²) in [6.45, 7) is 3.38. The number of nitrogens with two attached hydrogens (primary N) is 1. The van der Waals surface area contributed by atoms with Crippen molar-refractivity contribution in [2.75, 3.05) is 47.5 Å². The van der Waals surface area contributed by atoms with Gasteiger partial charge in [-0.15, -0.1) is 0 Å². The maximum absolute atomic E-state index is 12.2. The van der Waals surface area contributed by atoms with Crippen molar-refractivity contribution in [3.05, 3.63) is 17.7 Å². The summed E-state index contributed by atoms with van der Waals surface area (Å²) in [6, 6.07) is 3.87. The number of methoxy groups -OCH3 is 3. The van der Waals surface area contributed by atoms with Crippen LogP contribution in [0.3, 0.4) is 0 Å². The van der Waals surface area contributed by atoms with Gasteiger partial charge in [0.05, 0.1) is 27.2 Å². The number of amides is 1. The van der Waals surface area contributed by atoms with Crippen LogP contribution in [0.15, 0.2) is 12.1 Å². The van der Waals surface area contributed by atoms with Crippen molar-refractivity contribution in [2.24, 2.45) is 11.7 Å². The van der Waals surface area contributed by atoms with Crippen LogP contribution >= 0.6 is 0 Å². The van der Waals surface area contributed by atoms with E-state index in [1.165, 1.54) is 0 Å². The van der Waals surface area contributed by atoms with Crippen LogP contribution in [0, 0.1) is 5.92 Å². The Morgan fingerprint density at radius 2 is 2.00 bits per heavy atom. The molecule has 1 unspecified atom stereocenters. The minimum absolute atomic E-state index is 0.00596. The Balaban J connectivity index is 2.09. The molecule has 140 valence electrons. The van der Waals surface area contributed by atoms with Crippen LogP contribution in [-0.2, 0) is 11.3 Å². The summed E-state index contributed by atoms with van der Waals surface area (Å²) in [6.07, 6.45) is 1.91. The van der Waals surface area contributed by atoms with Crippen molar-refractivity contribution in [1.29, 1.82) is 0 Å². The first-order chi connectivity index (χ1) is 12.1. The first kappa shape index (κ1) is 19.3. The average molecular weight is 351 g/mol. The van der Waals surface area contributed by atoms with Crippen LogP contribution in [0.25, 0.3) is 0 Å². The molecule has 25 heavy (non-hydrogen) atoms. The highest BCUT2D eigenvalue weighted by atomic mass is 16.5. The van der Waals surface area contributed by atoms with Gasteiger partial charge in [-0.05, 0) is 25.5 Å². The lowest BCUT2D eigenvalue weighted by atomic mass is 9.96. The Bertz CT molecular complexity index is 580. The second-order valence-corrected chi connectivity index (χ2v) is 6.15. The van der Waals surface area contributed by atoms with Crippen LogP contribution in [0.5, 0.6) is 17.2 Å². The number of rotatable bonds is 8. The summed E-state index contributed by atoms with van der Waals surface area (Å²) in [4.78, 5) is 14.5. The highest BCUT2D eigenvalue weighted by Crippen LogP contribution is 2.40. The molecule has 7 nitrogen and oxygen atoms in total. The fraction of sp³-hybridized carbons (Fsp3) is 0.611. The Kier molecular flexibility index (Phi) is 7.33. The maximum atomic E-state index is 12.2. The molecule has 0 bridgehead atoms. The van der Waals surface area contributed by atoms with Gasteiger partial charge in [0.2, 0.25) is 11.7 Å². The van der Waals surface area contributed by atoms with Gasteiger partial charge in [-0.2, -0.15) is 0 Å². The van der Waals surface area contributed by atoms with Gasteiger partial charge in [-0.1, -0.05) is 6.07 Å². The number of nitrogens with one attached hydrogen (secondary N) is 1. The predicted molar refractivity (Wildman–Crippen MR) is 96.2 cm³/mol. The fourth-order valence-corrected chi connectivity index (χ4v) is 3.28. The summed E-state index contributed by atoms with van der Waals surface area (Å²) in [7, 11) is 4.83. The number of carbonyl (C=O) groups is 1. The Morgan fingerprint density at radius 1 is 1.24 bits per heavy atom. The van der Waals surface area contributed by atoms with E-state index in [1.807, 2.05) is 12.1 Å². The third-order valence-electron chi connectivity index (χ3n) is 4.50. The van der Waals surface area contributed by atoms with Gasteiger partial charge in [0.25, 0.3) is 0 Å². The summed E-state index contributed by atoms with van der Waals surface area (Å²) < 4.78 is 16.3. The summed E-state index contributed by atoms with van der Waals surface area (Å²) in [5.41, 5.74) is 6.47. The van der Waals surface area contributed by atoms with E-state index in [-0.39, 0.29) is 11.8 Å². The van der Waals surface area contributed by atoms with E-state index < -0.39 is 0 Å². The highest BCUT2D eigenvalue weighted by Gasteiger charge is 2.26. The van der Waals surface area contributed by atoms with E-state index in [2.05, 4.69) is 10.2 Å². The zero-order valence-corrected chi connectivity index (χ0v) is 15.3. The molecule has 0 radical (unpaired) electrons. The Hall–Kier alpha value is -1.99. The third kappa shape index (κ3) is 4.76. The molecule has 1 fully saturated rings. The second-order valence-electron chi connectivity index (χ2n) is 6.15. The normalized spacial score (nSPS) is 17.8. The number of hydrogen-bond donors (Lipinski definition) is 2. The molecule has 0 saturated carbocycles. The minimum atomic E-state index is 0.00596. The first-order valence-corrected chi connectivity index (χ1v) is 8.62. The van der Waals surface area contributed by atoms with Crippen molar-refractivity contribution >= 4 is 5.91 Å². The fourth-order valence-electron chi connectivity index (χ4n) is 3.28. The number of hydrogen-bond acceptors (Lipinski definition) is 6. The molecular formula is C18H29N3O4. The molecule has 1 heterocycles. The molecule has 2 rings (SSSR count). The molecule has 1 atom stereocenters. The molecule has 1 aliphatic rings. The molecule has 1 saturated heterocycles. The van der Waals surface area contributed by atoms with Crippen LogP contribution in [0.1, 0.15) is 18.4 Å². The van der Waals surface area contributed by atoms with Gasteiger partial charge in [-0.25, -0.2) is 0 Å². The maximum Gasteiger partial charge on any atom is 0.224 e. The van der Waals surface area contributed by atoms with Crippen molar-refractivity contribution in [2.45, 2.75) is 19.4 Å². The predicted octanol–water partition coefficient (Wildman–Crippen LogP) is 0.999. The molecule has 1 amide bonds. The smallest absolute Gasteiger partial charge is 0.224 e. The minimum Gasteiger partial charge on any atom is -0.493 e. The summed E-state index contributed by atoms with van der Waals surface area (Å²) in [5.74, 6) is 2.01. The van der Waals surface area contributed by atoms with Gasteiger partial charge in [0, 0.05) is 31.7 Å². The first-order valence-electron chi connectivity index (χ1n) is 8.62. The molecule has 7 heteroatoms. The van der Waals surface area contributed by atoms with Gasteiger partial charge < -0.3 is 25.3 Å². The molecule has 3 N–H and O–H groups in total. The molecule has 0 aliphatic carbocycles. The number of ether oxygens (including phenoxy) is 3. The SMILES string of the molecule is COc1ccc(CN2CCCC(C(=O)NCCN)C2)c(OC)c1OC. The van der Waals surface area contributed by atoms with Gasteiger partial charge >= 0.3 is 0 Å². The van der Waals surface area contributed by atoms with E-state index >= 15 is 0 Å². The zero-order valence-electron chi connectivity index (χ0n) is 15.3. The number of likely N-dealkylation sites (tertiary alicyclic amines) is 1. The van der Waals surface area contributed by atoms with Crippen LogP contribution in [-0.4, -0.2) is 58.3 Å². The quantitative estimate of drug-likeness (QED) is 0.727. The largest absolute Gasteiger partial charge is 0.493 e. The number of nitrogens with zero attached hydrogens (tertiary/aromatic N) is 1. The number of carbonyl (C=O) groups excluding carboxylic acids is 1. The highest BCUT2D eigenvalue weighted by molar-refractivity contribution is 5.78. The molecule has 1 aromatic carbocycles. The Morgan fingerprint density at radius 3 is 2.64 bits per heavy atom. The van der Waals surface area contributed by atoms with Crippen molar-refractivity contribution in [3.63, 3.8) is 0 Å². The van der Waals surface area contributed by atoms with E-state index in [1.54, 1.807) is 21.3 Å². The van der Waals surface area contributed by atoms with Crippen LogP contribution in [0.4, 0.5) is 0 Å². The topological polar surface area (TPSA) is 86.1 Å². The molecular weight excluding hydrogens is 322 g/mol. The van der Waals surface area contributed by atoms with Crippen molar-refractivity contribution in [3.8, 4) is 17.2 Å². The summed E-state index contributed by atoms with van der Waals surface area (Å²) in [5, 5.41) is 2.89. The Labute approximate surface area is 149 Å². The number of benzene rings is 1. The van der Waals surface area contributed by atoms with E-state index in [0.29, 0.717) is 36.9 Å². The van der Waals surface area contributed by atoms with E-state index in [4.69, 9.17) is 19.9 Å². The summed E-state index contributed by atoms with van der Waals surface area (Å²) >= 11 is 0.